The zero-order chi connectivity index (χ0) is 20.4. The average Bonchev–Trinajstić information content (AvgIpc) is 3.23. The second-order valence-electron chi connectivity index (χ2n) is 7.44. The molecule has 5 heteroatoms. The lowest BCUT2D eigenvalue weighted by Gasteiger charge is -2.05. The second-order valence-corrected chi connectivity index (χ2v) is 7.44. The van der Waals surface area contributed by atoms with E-state index < -0.39 is 5.97 Å². The Morgan fingerprint density at radius 2 is 1.57 bits per heavy atom. The molecule has 28 heavy (non-hydrogen) atoms. The van der Waals surface area contributed by atoms with Gasteiger partial charge in [0.25, 0.3) is 0 Å². The van der Waals surface area contributed by atoms with Crippen molar-refractivity contribution < 1.29 is 14.3 Å². The normalized spacial score (nSPS) is 11.1. The summed E-state index contributed by atoms with van der Waals surface area (Å²) in [6.07, 6.45) is 4.00. The Morgan fingerprint density at radius 3 is 2.18 bits per heavy atom. The molecule has 0 saturated carbocycles. The highest BCUT2D eigenvalue weighted by molar-refractivity contribution is 5.98. The molecule has 0 unspecified atom stereocenters. The fourth-order valence-electron chi connectivity index (χ4n) is 3.37. The molecule has 0 aliphatic heterocycles. The molecule has 3 aromatic rings. The van der Waals surface area contributed by atoms with Gasteiger partial charge in [-0.25, -0.2) is 4.79 Å². The smallest absolute Gasteiger partial charge is 0.354 e. The maximum atomic E-state index is 12.8. The van der Waals surface area contributed by atoms with Gasteiger partial charge in [-0.2, -0.15) is 0 Å². The lowest BCUT2D eigenvalue weighted by Crippen LogP contribution is -2.07. The molecule has 1 aromatic carbocycles. The molecule has 0 aliphatic carbocycles. The van der Waals surface area contributed by atoms with E-state index in [4.69, 9.17) is 4.74 Å². The van der Waals surface area contributed by atoms with Gasteiger partial charge in [-0.3, -0.25) is 4.79 Å². The first-order valence-corrected chi connectivity index (χ1v) is 9.33. The van der Waals surface area contributed by atoms with Crippen LogP contribution in [0.1, 0.15) is 51.9 Å². The zero-order valence-corrected chi connectivity index (χ0v) is 17.0. The first-order chi connectivity index (χ1) is 13.3. The number of benzene rings is 1. The maximum Gasteiger partial charge on any atom is 0.354 e. The van der Waals surface area contributed by atoms with Crippen LogP contribution in [0.2, 0.25) is 0 Å². The number of methoxy groups -OCH3 is 1. The van der Waals surface area contributed by atoms with Crippen LogP contribution in [0.15, 0.2) is 48.8 Å². The molecule has 0 spiro atoms. The standard InChI is InChI=1S/C23H26N2O3/c1-15(2)17-6-8-18(9-7-17)19-12-20(25(4)14-19)22(26)11-16-10-21(23(27)28-5)24(3)13-16/h6-10,12-15H,11H2,1-5H3. The first-order valence-electron chi connectivity index (χ1n) is 9.33. The summed E-state index contributed by atoms with van der Waals surface area (Å²) in [5, 5.41) is 0. The number of Topliss-reactive ketones (excluding diaryl/α,β-unsaturated/α-hetero) is 1. The van der Waals surface area contributed by atoms with Gasteiger partial charge in [0.05, 0.1) is 12.8 Å². The Balaban J connectivity index is 1.81. The minimum absolute atomic E-state index is 0.00886. The molecule has 3 rings (SSSR count). The third kappa shape index (κ3) is 3.93. The van der Waals surface area contributed by atoms with Crippen LogP contribution < -0.4 is 0 Å². The third-order valence-electron chi connectivity index (χ3n) is 5.02. The Kier molecular flexibility index (Phi) is 5.54. The van der Waals surface area contributed by atoms with Gasteiger partial charge in [-0.15, -0.1) is 0 Å². The molecule has 0 aliphatic rings. The van der Waals surface area contributed by atoms with E-state index in [0.29, 0.717) is 17.3 Å². The monoisotopic (exact) mass is 378 g/mol. The van der Waals surface area contributed by atoms with Gasteiger partial charge in [-0.1, -0.05) is 38.1 Å². The molecular weight excluding hydrogens is 352 g/mol. The van der Waals surface area contributed by atoms with Crippen LogP contribution >= 0.6 is 0 Å². The fourth-order valence-corrected chi connectivity index (χ4v) is 3.37. The number of carbonyl (C=O) groups is 2. The van der Waals surface area contributed by atoms with Gasteiger partial charge in [0.1, 0.15) is 5.69 Å². The molecule has 146 valence electrons. The minimum Gasteiger partial charge on any atom is -0.464 e. The van der Waals surface area contributed by atoms with Gasteiger partial charge in [0.2, 0.25) is 0 Å². The average molecular weight is 378 g/mol. The highest BCUT2D eigenvalue weighted by Gasteiger charge is 2.17. The van der Waals surface area contributed by atoms with Crippen molar-refractivity contribution in [3.8, 4) is 11.1 Å². The van der Waals surface area contributed by atoms with Crippen molar-refractivity contribution in [3.63, 3.8) is 0 Å². The van der Waals surface area contributed by atoms with E-state index in [0.717, 1.165) is 16.7 Å². The number of rotatable bonds is 6. The van der Waals surface area contributed by atoms with Crippen molar-refractivity contribution in [3.05, 3.63) is 71.3 Å². The number of hydrogen-bond donors (Lipinski definition) is 0. The molecule has 0 fully saturated rings. The second kappa shape index (κ2) is 7.89. The van der Waals surface area contributed by atoms with Crippen molar-refractivity contribution in [2.45, 2.75) is 26.2 Å². The summed E-state index contributed by atoms with van der Waals surface area (Å²) in [5.41, 5.74) is 5.27. The first kappa shape index (κ1) is 19.7. The molecule has 0 bridgehead atoms. The zero-order valence-electron chi connectivity index (χ0n) is 17.0. The summed E-state index contributed by atoms with van der Waals surface area (Å²) in [4.78, 5) is 24.6. The van der Waals surface area contributed by atoms with Gasteiger partial charge in [0.15, 0.2) is 5.78 Å². The predicted octanol–water partition coefficient (Wildman–Crippen LogP) is 4.37. The lowest BCUT2D eigenvalue weighted by molar-refractivity contribution is 0.0589. The number of hydrogen-bond acceptors (Lipinski definition) is 3. The summed E-state index contributed by atoms with van der Waals surface area (Å²) < 4.78 is 8.31. The number of aromatic nitrogens is 2. The van der Waals surface area contributed by atoms with Crippen LogP contribution in [0.3, 0.4) is 0 Å². The van der Waals surface area contributed by atoms with Crippen LogP contribution in [0.4, 0.5) is 0 Å². The van der Waals surface area contributed by atoms with Crippen LogP contribution in [0, 0.1) is 0 Å². The topological polar surface area (TPSA) is 53.2 Å². The van der Waals surface area contributed by atoms with Crippen LogP contribution in [-0.2, 0) is 25.3 Å². The molecule has 0 saturated heterocycles. The molecule has 0 radical (unpaired) electrons. The molecule has 2 aromatic heterocycles. The lowest BCUT2D eigenvalue weighted by atomic mass is 9.99. The minimum atomic E-state index is -0.410. The highest BCUT2D eigenvalue weighted by atomic mass is 16.5. The Hall–Kier alpha value is -3.08. The third-order valence-corrected chi connectivity index (χ3v) is 5.02. The van der Waals surface area contributed by atoms with Gasteiger partial charge in [0, 0.05) is 38.5 Å². The highest BCUT2D eigenvalue weighted by Crippen LogP contribution is 2.25. The van der Waals surface area contributed by atoms with Crippen molar-refractivity contribution in [2.75, 3.05) is 7.11 Å². The van der Waals surface area contributed by atoms with E-state index in [2.05, 4.69) is 38.1 Å². The fraction of sp³-hybridized carbons (Fsp3) is 0.304. The molecule has 0 N–H and O–H groups in total. The van der Waals surface area contributed by atoms with Gasteiger partial charge in [-0.05, 0) is 34.7 Å². The number of ketones is 1. The maximum absolute atomic E-state index is 12.8. The number of ether oxygens (including phenoxy) is 1. The van der Waals surface area contributed by atoms with E-state index in [-0.39, 0.29) is 12.2 Å². The molecule has 5 nitrogen and oxygen atoms in total. The summed E-state index contributed by atoms with van der Waals surface area (Å²) in [5.74, 6) is 0.0875. The van der Waals surface area contributed by atoms with Crippen LogP contribution in [0.25, 0.3) is 11.1 Å². The Labute approximate surface area is 165 Å². The molecule has 0 atom stereocenters. The van der Waals surface area contributed by atoms with E-state index in [9.17, 15) is 9.59 Å². The van der Waals surface area contributed by atoms with Gasteiger partial charge >= 0.3 is 5.97 Å². The number of carbonyl (C=O) groups excluding carboxylic acids is 2. The summed E-state index contributed by atoms with van der Waals surface area (Å²) in [7, 11) is 4.99. The van der Waals surface area contributed by atoms with E-state index >= 15 is 0 Å². The molecule has 0 amide bonds. The van der Waals surface area contributed by atoms with Crippen molar-refractivity contribution in [1.29, 1.82) is 0 Å². The quantitative estimate of drug-likeness (QED) is 0.473. The van der Waals surface area contributed by atoms with E-state index in [1.165, 1.54) is 12.7 Å². The number of esters is 1. The Bertz CT molecular complexity index is 1010. The van der Waals surface area contributed by atoms with Crippen LogP contribution in [0.5, 0.6) is 0 Å². The van der Waals surface area contributed by atoms with Crippen molar-refractivity contribution in [1.82, 2.24) is 9.13 Å². The largest absolute Gasteiger partial charge is 0.464 e. The molecule has 2 heterocycles. The number of nitrogens with zero attached hydrogens (tertiary/aromatic N) is 2. The van der Waals surface area contributed by atoms with Crippen molar-refractivity contribution >= 4 is 11.8 Å². The summed E-state index contributed by atoms with van der Waals surface area (Å²) in [6.45, 7) is 4.34. The van der Waals surface area contributed by atoms with Crippen molar-refractivity contribution in [2.24, 2.45) is 14.1 Å². The van der Waals surface area contributed by atoms with E-state index in [1.807, 2.05) is 23.9 Å². The Morgan fingerprint density at radius 1 is 0.929 bits per heavy atom. The number of aryl methyl sites for hydroxylation is 2. The van der Waals surface area contributed by atoms with E-state index in [1.54, 1.807) is 23.9 Å². The van der Waals surface area contributed by atoms with Gasteiger partial charge < -0.3 is 13.9 Å². The SMILES string of the molecule is COC(=O)c1cc(CC(=O)c2cc(-c3ccc(C(C)C)cc3)cn2C)cn1C. The molecular formula is C23H26N2O3. The summed E-state index contributed by atoms with van der Waals surface area (Å²) >= 11 is 0. The van der Waals surface area contributed by atoms with Crippen LogP contribution in [-0.4, -0.2) is 28.0 Å². The predicted molar refractivity (Wildman–Crippen MR) is 110 cm³/mol. The summed E-state index contributed by atoms with van der Waals surface area (Å²) in [6, 6.07) is 12.1.